The SMILES string of the molecule is CCc1cc(N(CC(=O)OC(C)(C)C)C(=O)OC(C)(C)C)sc1C(=O)OC. The number of anilines is 1. The fraction of sp³-hybridized carbons (Fsp3) is 0.632. The number of ether oxygens (including phenoxy) is 3. The molecule has 0 atom stereocenters. The van der Waals surface area contributed by atoms with Gasteiger partial charge in [-0.3, -0.25) is 9.69 Å². The van der Waals surface area contributed by atoms with Gasteiger partial charge in [-0.2, -0.15) is 0 Å². The average molecular weight is 400 g/mol. The van der Waals surface area contributed by atoms with E-state index in [4.69, 9.17) is 14.2 Å². The molecule has 0 spiro atoms. The van der Waals surface area contributed by atoms with Crippen LogP contribution in [0.15, 0.2) is 6.07 Å². The predicted molar refractivity (Wildman–Crippen MR) is 104 cm³/mol. The van der Waals surface area contributed by atoms with Gasteiger partial charge in [0.1, 0.15) is 27.6 Å². The number of methoxy groups -OCH3 is 1. The monoisotopic (exact) mass is 399 g/mol. The van der Waals surface area contributed by atoms with E-state index in [9.17, 15) is 14.4 Å². The molecule has 0 saturated carbocycles. The summed E-state index contributed by atoms with van der Waals surface area (Å²) in [4.78, 5) is 38.6. The Bertz CT molecular complexity index is 696. The maximum atomic E-state index is 12.7. The molecular formula is C19H29NO6S. The van der Waals surface area contributed by atoms with Crippen molar-refractivity contribution in [2.75, 3.05) is 18.6 Å². The van der Waals surface area contributed by atoms with Crippen molar-refractivity contribution in [2.45, 2.75) is 66.1 Å². The third kappa shape index (κ3) is 7.21. The predicted octanol–water partition coefficient (Wildman–Crippen LogP) is 4.18. The molecule has 1 rings (SSSR count). The third-order valence-corrected chi connectivity index (χ3v) is 4.32. The van der Waals surface area contributed by atoms with Gasteiger partial charge in [0.2, 0.25) is 0 Å². The lowest BCUT2D eigenvalue weighted by Gasteiger charge is -2.27. The fourth-order valence-electron chi connectivity index (χ4n) is 2.13. The van der Waals surface area contributed by atoms with Crippen LogP contribution in [0.4, 0.5) is 9.80 Å². The van der Waals surface area contributed by atoms with Crippen molar-refractivity contribution in [3.8, 4) is 0 Å². The smallest absolute Gasteiger partial charge is 0.415 e. The lowest BCUT2D eigenvalue weighted by atomic mass is 10.2. The fourth-order valence-corrected chi connectivity index (χ4v) is 3.29. The molecule has 0 aromatic carbocycles. The molecule has 7 nitrogen and oxygen atoms in total. The number of thiophene rings is 1. The van der Waals surface area contributed by atoms with Crippen LogP contribution in [0.2, 0.25) is 0 Å². The molecule has 0 aliphatic heterocycles. The van der Waals surface area contributed by atoms with Crippen molar-refractivity contribution in [1.29, 1.82) is 0 Å². The first-order valence-electron chi connectivity index (χ1n) is 8.70. The Morgan fingerprint density at radius 2 is 1.59 bits per heavy atom. The molecule has 0 unspecified atom stereocenters. The number of hydrogen-bond donors (Lipinski definition) is 0. The topological polar surface area (TPSA) is 82.1 Å². The van der Waals surface area contributed by atoms with Gasteiger partial charge in [-0.1, -0.05) is 6.92 Å². The summed E-state index contributed by atoms with van der Waals surface area (Å²) >= 11 is 1.08. The number of carbonyl (C=O) groups is 3. The normalized spacial score (nSPS) is 11.7. The third-order valence-electron chi connectivity index (χ3n) is 3.13. The zero-order valence-electron chi connectivity index (χ0n) is 17.3. The highest BCUT2D eigenvalue weighted by molar-refractivity contribution is 7.18. The van der Waals surface area contributed by atoms with Gasteiger partial charge in [-0.25, -0.2) is 9.59 Å². The van der Waals surface area contributed by atoms with Crippen molar-refractivity contribution in [3.05, 3.63) is 16.5 Å². The molecule has 0 aliphatic rings. The van der Waals surface area contributed by atoms with Crippen molar-refractivity contribution < 1.29 is 28.6 Å². The summed E-state index contributed by atoms with van der Waals surface area (Å²) in [6, 6.07) is 1.70. The van der Waals surface area contributed by atoms with Crippen LogP contribution in [0, 0.1) is 0 Å². The quantitative estimate of drug-likeness (QED) is 0.546. The highest BCUT2D eigenvalue weighted by Gasteiger charge is 2.30. The minimum Gasteiger partial charge on any atom is -0.465 e. The molecule has 8 heteroatoms. The Hall–Kier alpha value is -2.09. The zero-order chi connectivity index (χ0) is 21.0. The molecule has 1 aromatic heterocycles. The molecule has 0 bridgehead atoms. The van der Waals surface area contributed by atoms with Gasteiger partial charge in [-0.15, -0.1) is 11.3 Å². The number of carbonyl (C=O) groups excluding carboxylic acids is 3. The summed E-state index contributed by atoms with van der Waals surface area (Å²) in [6.07, 6.45) is -0.108. The standard InChI is InChI=1S/C19H29NO6S/c1-9-12-10-13(27-15(12)16(22)24-8)20(17(23)26-19(5,6)7)11-14(21)25-18(2,3)4/h10H,9,11H2,1-8H3. The van der Waals surface area contributed by atoms with E-state index in [0.717, 1.165) is 16.9 Å². The van der Waals surface area contributed by atoms with E-state index in [1.54, 1.807) is 47.6 Å². The van der Waals surface area contributed by atoms with E-state index in [1.807, 2.05) is 6.92 Å². The van der Waals surface area contributed by atoms with Gasteiger partial charge in [-0.05, 0) is 59.6 Å². The summed E-state index contributed by atoms with van der Waals surface area (Å²) in [7, 11) is 1.30. The molecule has 0 radical (unpaired) electrons. The summed E-state index contributed by atoms with van der Waals surface area (Å²) < 4.78 is 15.6. The molecule has 0 N–H and O–H groups in total. The van der Waals surface area contributed by atoms with Crippen molar-refractivity contribution in [3.63, 3.8) is 0 Å². The lowest BCUT2D eigenvalue weighted by molar-refractivity contribution is -0.153. The number of esters is 2. The van der Waals surface area contributed by atoms with Crippen LogP contribution < -0.4 is 4.90 Å². The number of nitrogens with zero attached hydrogens (tertiary/aromatic N) is 1. The first-order chi connectivity index (χ1) is 12.3. The number of rotatable bonds is 5. The second-order valence-electron chi connectivity index (χ2n) is 7.94. The Morgan fingerprint density at radius 1 is 1.04 bits per heavy atom. The van der Waals surface area contributed by atoms with Crippen LogP contribution in [0.5, 0.6) is 0 Å². The number of amides is 1. The molecule has 152 valence electrons. The van der Waals surface area contributed by atoms with E-state index in [2.05, 4.69) is 0 Å². The Kier molecular flexibility index (Phi) is 7.42. The van der Waals surface area contributed by atoms with Crippen molar-refractivity contribution in [1.82, 2.24) is 0 Å². The summed E-state index contributed by atoms with van der Waals surface area (Å²) in [6.45, 7) is 12.0. The van der Waals surface area contributed by atoms with E-state index in [1.165, 1.54) is 12.0 Å². The largest absolute Gasteiger partial charge is 0.465 e. The minimum absolute atomic E-state index is 0.323. The van der Waals surface area contributed by atoms with Gasteiger partial charge >= 0.3 is 18.0 Å². The summed E-state index contributed by atoms with van der Waals surface area (Å²) in [5, 5.41) is 0.423. The van der Waals surface area contributed by atoms with Gasteiger partial charge < -0.3 is 14.2 Å². The van der Waals surface area contributed by atoms with Crippen LogP contribution in [0.25, 0.3) is 0 Å². The molecule has 1 heterocycles. The second-order valence-corrected chi connectivity index (χ2v) is 8.97. The van der Waals surface area contributed by atoms with Gasteiger partial charge in [0.05, 0.1) is 7.11 Å². The highest BCUT2D eigenvalue weighted by atomic mass is 32.1. The summed E-state index contributed by atoms with van der Waals surface area (Å²) in [5.41, 5.74) is -0.684. The van der Waals surface area contributed by atoms with Crippen molar-refractivity contribution in [2.24, 2.45) is 0 Å². The number of hydrogen-bond acceptors (Lipinski definition) is 7. The lowest BCUT2D eigenvalue weighted by Crippen LogP contribution is -2.41. The zero-order valence-corrected chi connectivity index (χ0v) is 18.1. The molecule has 0 aliphatic carbocycles. The second kappa shape index (κ2) is 8.73. The van der Waals surface area contributed by atoms with Crippen LogP contribution in [-0.2, 0) is 25.4 Å². The minimum atomic E-state index is -0.737. The van der Waals surface area contributed by atoms with Crippen molar-refractivity contribution >= 4 is 34.4 Å². The first kappa shape index (κ1) is 23.0. The molecule has 0 saturated heterocycles. The highest BCUT2D eigenvalue weighted by Crippen LogP contribution is 2.32. The van der Waals surface area contributed by atoms with Crippen LogP contribution >= 0.6 is 11.3 Å². The maximum Gasteiger partial charge on any atom is 0.415 e. The van der Waals surface area contributed by atoms with Gasteiger partial charge in [0.25, 0.3) is 0 Å². The molecule has 1 aromatic rings. The molecular weight excluding hydrogens is 370 g/mol. The van der Waals surface area contributed by atoms with Crippen LogP contribution in [0.3, 0.4) is 0 Å². The molecule has 1 amide bonds. The Balaban J connectivity index is 3.25. The first-order valence-corrected chi connectivity index (χ1v) is 9.52. The number of aryl methyl sites for hydroxylation is 1. The van der Waals surface area contributed by atoms with E-state index in [-0.39, 0.29) is 6.54 Å². The molecule has 27 heavy (non-hydrogen) atoms. The van der Waals surface area contributed by atoms with Gasteiger partial charge in [0, 0.05) is 0 Å². The van der Waals surface area contributed by atoms with Crippen LogP contribution in [-0.4, -0.2) is 42.9 Å². The van der Waals surface area contributed by atoms with E-state index in [0.29, 0.717) is 16.3 Å². The molecule has 0 fully saturated rings. The average Bonchev–Trinajstić information content (AvgIpc) is 2.92. The van der Waals surface area contributed by atoms with Gasteiger partial charge in [0.15, 0.2) is 0 Å². The van der Waals surface area contributed by atoms with E-state index < -0.39 is 29.2 Å². The summed E-state index contributed by atoms with van der Waals surface area (Å²) in [5.74, 6) is -1.05. The Labute approximate surface area is 164 Å². The maximum absolute atomic E-state index is 12.7. The Morgan fingerprint density at radius 3 is 2.04 bits per heavy atom. The van der Waals surface area contributed by atoms with E-state index >= 15 is 0 Å². The van der Waals surface area contributed by atoms with Crippen LogP contribution in [0.1, 0.15) is 63.7 Å².